The molecule has 1 aliphatic rings. The van der Waals surface area contributed by atoms with Gasteiger partial charge in [-0.3, -0.25) is 4.79 Å². The van der Waals surface area contributed by atoms with Crippen molar-refractivity contribution in [2.24, 2.45) is 17.8 Å². The zero-order valence-corrected chi connectivity index (χ0v) is 9.64. The highest BCUT2D eigenvalue weighted by Gasteiger charge is 2.35. The number of hydrogen-bond acceptors (Lipinski definition) is 4. The second-order valence-corrected chi connectivity index (χ2v) is 4.74. The number of amides is 1. The molecule has 1 aromatic heterocycles. The third-order valence-electron chi connectivity index (χ3n) is 3.32. The average Bonchev–Trinajstić information content (AvgIpc) is 2.63. The van der Waals surface area contributed by atoms with Crippen LogP contribution >= 0.6 is 0 Å². The topological polar surface area (TPSA) is 68.0 Å². The molecule has 0 aromatic carbocycles. The molecule has 0 saturated heterocycles. The predicted octanol–water partition coefficient (Wildman–Crippen LogP) is 1.61. The summed E-state index contributed by atoms with van der Waals surface area (Å²) in [5, 5.41) is 6.46. The summed E-state index contributed by atoms with van der Waals surface area (Å²) in [6, 6.07) is 0. The number of rotatable bonds is 4. The van der Waals surface area contributed by atoms with Crippen molar-refractivity contribution in [2.75, 3.05) is 0 Å². The van der Waals surface area contributed by atoms with E-state index in [4.69, 9.17) is 0 Å². The smallest absolute Gasteiger partial charge is 0.223 e. The molecule has 0 bridgehead atoms. The van der Waals surface area contributed by atoms with Gasteiger partial charge in [0, 0.05) is 7.34 Å². The van der Waals surface area contributed by atoms with E-state index >= 15 is 0 Å². The summed E-state index contributed by atoms with van der Waals surface area (Å²) in [5.41, 5.74) is 0. The van der Waals surface area contributed by atoms with Gasteiger partial charge in [-0.15, -0.1) is 0 Å². The van der Waals surface area contributed by atoms with Crippen LogP contribution in [0, 0.1) is 17.8 Å². The molecule has 0 spiro atoms. The van der Waals surface area contributed by atoms with Gasteiger partial charge in [0.05, 0.1) is 6.54 Å². The molecule has 1 amide bonds. The quantitative estimate of drug-likeness (QED) is 0.845. The summed E-state index contributed by atoms with van der Waals surface area (Å²) in [7, 11) is 0. The van der Waals surface area contributed by atoms with Gasteiger partial charge in [-0.1, -0.05) is 19.0 Å². The van der Waals surface area contributed by atoms with E-state index in [1.165, 1.54) is 6.39 Å². The number of aromatic nitrogens is 2. The zero-order valence-electron chi connectivity index (χ0n) is 9.64. The molecule has 0 aliphatic heterocycles. The highest BCUT2D eigenvalue weighted by atomic mass is 16.5. The summed E-state index contributed by atoms with van der Waals surface area (Å²) in [4.78, 5) is 15.5. The molecule has 1 aliphatic carbocycles. The Morgan fingerprint density at radius 3 is 3.00 bits per heavy atom. The minimum atomic E-state index is 0. The minimum absolute atomic E-state index is 0. The molecular weight excluding hydrogens is 206 g/mol. The Labute approximate surface area is 96.1 Å². The molecule has 0 unspecified atom stereocenters. The SMILES string of the molecule is CC(C)C1CC(C(=O)NCc2ncon2)C1.[HH]. The molecule has 1 aromatic rings. The van der Waals surface area contributed by atoms with Gasteiger partial charge >= 0.3 is 0 Å². The maximum absolute atomic E-state index is 11.7. The summed E-state index contributed by atoms with van der Waals surface area (Å²) >= 11 is 0. The van der Waals surface area contributed by atoms with Crippen molar-refractivity contribution in [3.8, 4) is 0 Å². The fourth-order valence-electron chi connectivity index (χ4n) is 2.00. The predicted molar refractivity (Wildman–Crippen MR) is 59.3 cm³/mol. The molecule has 2 rings (SSSR count). The van der Waals surface area contributed by atoms with Crippen molar-refractivity contribution in [3.05, 3.63) is 12.2 Å². The minimum Gasteiger partial charge on any atom is -0.348 e. The van der Waals surface area contributed by atoms with E-state index < -0.39 is 0 Å². The van der Waals surface area contributed by atoms with Crippen molar-refractivity contribution < 1.29 is 10.7 Å². The van der Waals surface area contributed by atoms with Crippen LogP contribution < -0.4 is 5.32 Å². The molecule has 5 heteroatoms. The van der Waals surface area contributed by atoms with Crippen LogP contribution in [0.4, 0.5) is 0 Å². The third-order valence-corrected chi connectivity index (χ3v) is 3.32. The highest BCUT2D eigenvalue weighted by Crippen LogP contribution is 2.38. The standard InChI is InChI=1S/C11H17N3O2.H2/c1-7(2)8-3-9(4-8)11(15)12-5-10-13-6-16-14-10;/h6-9H,3-5H2,1-2H3,(H,12,15);1H. The van der Waals surface area contributed by atoms with Gasteiger partial charge in [-0.2, -0.15) is 4.98 Å². The maximum atomic E-state index is 11.7. The monoisotopic (exact) mass is 225 g/mol. The van der Waals surface area contributed by atoms with Gasteiger partial charge in [0.25, 0.3) is 0 Å². The summed E-state index contributed by atoms with van der Waals surface area (Å²) in [6.07, 6.45) is 3.28. The summed E-state index contributed by atoms with van der Waals surface area (Å²) in [5.74, 6) is 2.20. The maximum Gasteiger partial charge on any atom is 0.223 e. The Kier molecular flexibility index (Phi) is 3.22. The van der Waals surface area contributed by atoms with E-state index in [2.05, 4.69) is 33.8 Å². The molecule has 90 valence electrons. The van der Waals surface area contributed by atoms with Crippen molar-refractivity contribution in [3.63, 3.8) is 0 Å². The van der Waals surface area contributed by atoms with Crippen LogP contribution in [0.1, 0.15) is 33.9 Å². The average molecular weight is 225 g/mol. The Morgan fingerprint density at radius 1 is 1.69 bits per heavy atom. The van der Waals surface area contributed by atoms with Gasteiger partial charge in [-0.05, 0) is 24.7 Å². The van der Waals surface area contributed by atoms with Gasteiger partial charge in [0.15, 0.2) is 5.82 Å². The van der Waals surface area contributed by atoms with Crippen LogP contribution in [-0.2, 0) is 11.3 Å². The Morgan fingerprint density at radius 2 is 2.44 bits per heavy atom. The largest absolute Gasteiger partial charge is 0.348 e. The van der Waals surface area contributed by atoms with E-state index in [0.29, 0.717) is 24.2 Å². The van der Waals surface area contributed by atoms with E-state index in [1.54, 1.807) is 0 Å². The fourth-order valence-corrected chi connectivity index (χ4v) is 2.00. The first-order chi connectivity index (χ1) is 7.66. The number of nitrogens with one attached hydrogen (secondary N) is 1. The summed E-state index contributed by atoms with van der Waals surface area (Å²) in [6.45, 7) is 4.77. The van der Waals surface area contributed by atoms with Crippen LogP contribution in [-0.4, -0.2) is 16.0 Å². The molecule has 1 fully saturated rings. The van der Waals surface area contributed by atoms with E-state index in [-0.39, 0.29) is 13.3 Å². The first-order valence-electron chi connectivity index (χ1n) is 5.69. The van der Waals surface area contributed by atoms with E-state index in [1.807, 2.05) is 0 Å². The van der Waals surface area contributed by atoms with Crippen LogP contribution in [0.2, 0.25) is 0 Å². The van der Waals surface area contributed by atoms with Crippen molar-refractivity contribution in [1.29, 1.82) is 0 Å². The lowest BCUT2D eigenvalue weighted by Crippen LogP contribution is -2.40. The molecule has 16 heavy (non-hydrogen) atoms. The molecule has 1 heterocycles. The first-order valence-corrected chi connectivity index (χ1v) is 5.69. The number of carbonyl (C=O) groups excluding carboxylic acids is 1. The highest BCUT2D eigenvalue weighted by molar-refractivity contribution is 5.79. The summed E-state index contributed by atoms with van der Waals surface area (Å²) < 4.78 is 4.58. The third kappa shape index (κ3) is 2.40. The van der Waals surface area contributed by atoms with Crippen molar-refractivity contribution in [1.82, 2.24) is 15.5 Å². The van der Waals surface area contributed by atoms with Gasteiger partial charge in [0.2, 0.25) is 12.3 Å². The second-order valence-electron chi connectivity index (χ2n) is 4.74. The molecule has 5 nitrogen and oxygen atoms in total. The molecule has 0 radical (unpaired) electrons. The second kappa shape index (κ2) is 4.63. The lowest BCUT2D eigenvalue weighted by molar-refractivity contribution is -0.129. The molecule has 1 saturated carbocycles. The molecule has 1 N–H and O–H groups in total. The number of hydrogen-bond donors (Lipinski definition) is 1. The number of carbonyl (C=O) groups is 1. The number of nitrogens with zero attached hydrogens (tertiary/aromatic N) is 2. The van der Waals surface area contributed by atoms with Gasteiger partial charge in [0.1, 0.15) is 0 Å². The van der Waals surface area contributed by atoms with Gasteiger partial charge in [-0.25, -0.2) is 0 Å². The normalized spacial score (nSPS) is 24.2. The molecular formula is C11H19N3O2. The van der Waals surface area contributed by atoms with Gasteiger partial charge < -0.3 is 9.84 Å². The Balaban J connectivity index is 0.00000144. The van der Waals surface area contributed by atoms with E-state index in [9.17, 15) is 4.79 Å². The van der Waals surface area contributed by atoms with Crippen molar-refractivity contribution in [2.45, 2.75) is 33.2 Å². The van der Waals surface area contributed by atoms with Crippen LogP contribution in [0.15, 0.2) is 10.9 Å². The first kappa shape index (κ1) is 11.1. The molecule has 0 atom stereocenters. The van der Waals surface area contributed by atoms with E-state index in [0.717, 1.165) is 12.8 Å². The zero-order chi connectivity index (χ0) is 11.5. The van der Waals surface area contributed by atoms with Crippen molar-refractivity contribution >= 4 is 5.91 Å². The Bertz CT molecular complexity index is 348. The van der Waals surface area contributed by atoms with Crippen LogP contribution in [0.25, 0.3) is 0 Å². The van der Waals surface area contributed by atoms with Crippen LogP contribution in [0.3, 0.4) is 0 Å². The Hall–Kier alpha value is -1.39. The lowest BCUT2D eigenvalue weighted by atomic mass is 9.69. The lowest BCUT2D eigenvalue weighted by Gasteiger charge is -2.36. The van der Waals surface area contributed by atoms with Crippen LogP contribution in [0.5, 0.6) is 0 Å². The fraction of sp³-hybridized carbons (Fsp3) is 0.727.